The number of benzene rings is 3. The molecule has 0 radical (unpaired) electrons. The monoisotopic (exact) mass is 492 g/mol. The van der Waals surface area contributed by atoms with Gasteiger partial charge in [0.1, 0.15) is 4.32 Å². The molecule has 1 aliphatic heterocycles. The highest BCUT2D eigenvalue weighted by molar-refractivity contribution is 8.26. The first-order valence-electron chi connectivity index (χ1n) is 10.7. The Labute approximate surface area is 207 Å². The van der Waals surface area contributed by atoms with Crippen LogP contribution < -0.4 is 14.8 Å². The van der Waals surface area contributed by atoms with Gasteiger partial charge in [0, 0.05) is 24.0 Å². The first kappa shape index (κ1) is 23.8. The summed E-state index contributed by atoms with van der Waals surface area (Å²) >= 11 is 6.68. The number of thioether (sulfide) groups is 1. The lowest BCUT2D eigenvalue weighted by Crippen LogP contribution is -2.29. The number of anilines is 1. The molecule has 0 saturated carbocycles. The highest BCUT2D eigenvalue weighted by atomic mass is 32.2. The molecule has 0 aromatic heterocycles. The van der Waals surface area contributed by atoms with Gasteiger partial charge in [0.15, 0.2) is 11.5 Å². The van der Waals surface area contributed by atoms with Gasteiger partial charge in [-0.05, 0) is 41.6 Å². The van der Waals surface area contributed by atoms with Crippen LogP contribution in [0.15, 0.2) is 65.6 Å². The zero-order valence-electron chi connectivity index (χ0n) is 18.9. The summed E-state index contributed by atoms with van der Waals surface area (Å²) < 4.78 is 11.1. The largest absolute Gasteiger partial charge is 0.493 e. The van der Waals surface area contributed by atoms with E-state index in [1.165, 1.54) is 11.8 Å². The minimum absolute atomic E-state index is 0.0948. The lowest BCUT2D eigenvalue weighted by atomic mass is 10.1. The number of carbonyl (C=O) groups excluding carboxylic acids is 2. The van der Waals surface area contributed by atoms with Gasteiger partial charge in [-0.15, -0.1) is 0 Å². The smallest absolute Gasteiger partial charge is 0.266 e. The van der Waals surface area contributed by atoms with Crippen LogP contribution in [0.4, 0.5) is 5.69 Å². The maximum absolute atomic E-state index is 12.9. The Morgan fingerprint density at radius 1 is 1.06 bits per heavy atom. The van der Waals surface area contributed by atoms with Crippen molar-refractivity contribution in [3.63, 3.8) is 0 Å². The van der Waals surface area contributed by atoms with Crippen molar-refractivity contribution in [2.75, 3.05) is 26.1 Å². The number of carbonyl (C=O) groups is 2. The highest BCUT2D eigenvalue weighted by Gasteiger charge is 2.31. The van der Waals surface area contributed by atoms with E-state index in [1.54, 1.807) is 31.3 Å². The second-order valence-electron chi connectivity index (χ2n) is 7.63. The van der Waals surface area contributed by atoms with Crippen molar-refractivity contribution in [3.05, 3.63) is 71.1 Å². The molecule has 1 N–H and O–H groups in total. The molecule has 6 nitrogen and oxygen atoms in total. The van der Waals surface area contributed by atoms with Crippen LogP contribution >= 0.6 is 24.0 Å². The lowest BCUT2D eigenvalue weighted by molar-refractivity contribution is -0.122. The number of rotatable bonds is 8. The van der Waals surface area contributed by atoms with Gasteiger partial charge < -0.3 is 14.8 Å². The Bertz CT molecular complexity index is 1280. The maximum atomic E-state index is 12.9. The average molecular weight is 493 g/mol. The Morgan fingerprint density at radius 2 is 1.82 bits per heavy atom. The molecular weight excluding hydrogens is 468 g/mol. The van der Waals surface area contributed by atoms with Gasteiger partial charge in [0.2, 0.25) is 5.91 Å². The average Bonchev–Trinajstić information content (AvgIpc) is 3.11. The molecule has 34 heavy (non-hydrogen) atoms. The molecule has 0 spiro atoms. The summed E-state index contributed by atoms with van der Waals surface area (Å²) in [5.74, 6) is 0.958. The van der Waals surface area contributed by atoms with Crippen LogP contribution in [-0.2, 0) is 9.59 Å². The summed E-state index contributed by atoms with van der Waals surface area (Å²) in [6.45, 7) is 0.386. The number of methoxy groups -OCH3 is 2. The number of nitrogens with zero attached hydrogens (tertiary/aromatic N) is 1. The first-order valence-corrected chi connectivity index (χ1v) is 12.0. The van der Waals surface area contributed by atoms with E-state index in [1.807, 2.05) is 54.6 Å². The molecule has 2 amide bonds. The van der Waals surface area contributed by atoms with E-state index in [4.69, 9.17) is 21.7 Å². The predicted molar refractivity (Wildman–Crippen MR) is 141 cm³/mol. The topological polar surface area (TPSA) is 67.9 Å². The fourth-order valence-corrected chi connectivity index (χ4v) is 5.04. The van der Waals surface area contributed by atoms with Crippen molar-refractivity contribution in [2.24, 2.45) is 0 Å². The summed E-state index contributed by atoms with van der Waals surface area (Å²) in [5, 5.41) is 5.04. The van der Waals surface area contributed by atoms with Crippen LogP contribution in [0.3, 0.4) is 0 Å². The third-order valence-electron chi connectivity index (χ3n) is 5.43. The number of nitrogens with one attached hydrogen (secondary N) is 1. The van der Waals surface area contributed by atoms with Crippen molar-refractivity contribution in [3.8, 4) is 11.5 Å². The minimum Gasteiger partial charge on any atom is -0.493 e. The minimum atomic E-state index is -0.153. The number of hydrogen-bond acceptors (Lipinski definition) is 6. The summed E-state index contributed by atoms with van der Waals surface area (Å²) in [5.41, 5.74) is 1.60. The van der Waals surface area contributed by atoms with Crippen LogP contribution in [-0.4, -0.2) is 41.8 Å². The standard InChI is InChI=1S/C26H24N2O4S2/c1-31-21-13-12-17(15-22(21)32-2)16-23-25(30)28(26(33)34-23)14-6-11-24(29)27-20-10-5-8-18-7-3-4-9-19(18)20/h3-5,7-10,12-13,15-16H,6,11,14H2,1-2H3,(H,27,29). The Balaban J connectivity index is 1.35. The van der Waals surface area contributed by atoms with Gasteiger partial charge in [0.05, 0.1) is 19.1 Å². The van der Waals surface area contributed by atoms with Gasteiger partial charge in [0.25, 0.3) is 5.91 Å². The van der Waals surface area contributed by atoms with Crippen molar-refractivity contribution >= 4 is 62.7 Å². The molecule has 0 aliphatic carbocycles. The summed E-state index contributed by atoms with van der Waals surface area (Å²) in [6, 6.07) is 19.2. The number of hydrogen-bond donors (Lipinski definition) is 1. The zero-order valence-corrected chi connectivity index (χ0v) is 20.5. The van der Waals surface area contributed by atoms with E-state index in [2.05, 4.69) is 5.32 Å². The highest BCUT2D eigenvalue weighted by Crippen LogP contribution is 2.35. The molecule has 3 aromatic carbocycles. The summed E-state index contributed by atoms with van der Waals surface area (Å²) in [7, 11) is 3.14. The van der Waals surface area contributed by atoms with Crippen LogP contribution in [0.1, 0.15) is 18.4 Å². The number of ether oxygens (including phenoxy) is 2. The normalized spacial score (nSPS) is 14.6. The molecule has 174 valence electrons. The van der Waals surface area contributed by atoms with E-state index in [9.17, 15) is 9.59 Å². The second kappa shape index (κ2) is 10.7. The lowest BCUT2D eigenvalue weighted by Gasteiger charge is -2.14. The third-order valence-corrected chi connectivity index (χ3v) is 6.81. The molecule has 3 aromatic rings. The van der Waals surface area contributed by atoms with Gasteiger partial charge in [-0.1, -0.05) is 66.4 Å². The zero-order chi connectivity index (χ0) is 24.1. The third kappa shape index (κ3) is 5.24. The van der Waals surface area contributed by atoms with Crippen molar-refractivity contribution in [2.45, 2.75) is 12.8 Å². The van der Waals surface area contributed by atoms with E-state index in [0.29, 0.717) is 33.7 Å². The Hall–Kier alpha value is -3.36. The molecule has 1 saturated heterocycles. The maximum Gasteiger partial charge on any atom is 0.266 e. The van der Waals surface area contributed by atoms with E-state index in [-0.39, 0.29) is 18.2 Å². The Kier molecular flexibility index (Phi) is 7.49. The summed E-state index contributed by atoms with van der Waals surface area (Å²) in [6.07, 6.45) is 2.58. The molecule has 0 bridgehead atoms. The second-order valence-corrected chi connectivity index (χ2v) is 9.30. The van der Waals surface area contributed by atoms with Gasteiger partial charge in [-0.2, -0.15) is 0 Å². The fourth-order valence-electron chi connectivity index (χ4n) is 3.73. The fraction of sp³-hybridized carbons (Fsp3) is 0.192. The van der Waals surface area contributed by atoms with Crippen LogP contribution in [0.25, 0.3) is 16.8 Å². The van der Waals surface area contributed by atoms with Crippen LogP contribution in [0, 0.1) is 0 Å². The van der Waals surface area contributed by atoms with Gasteiger partial charge >= 0.3 is 0 Å². The number of thiocarbonyl (C=S) groups is 1. The molecular formula is C26H24N2O4S2. The number of fused-ring (bicyclic) bond motifs is 1. The van der Waals surface area contributed by atoms with Crippen molar-refractivity contribution < 1.29 is 19.1 Å². The van der Waals surface area contributed by atoms with E-state index >= 15 is 0 Å². The van der Waals surface area contributed by atoms with Gasteiger partial charge in [-0.3, -0.25) is 14.5 Å². The van der Waals surface area contributed by atoms with Crippen molar-refractivity contribution in [1.82, 2.24) is 4.90 Å². The molecule has 4 rings (SSSR count). The van der Waals surface area contributed by atoms with Crippen LogP contribution in [0.5, 0.6) is 11.5 Å². The van der Waals surface area contributed by atoms with Gasteiger partial charge in [-0.25, -0.2) is 0 Å². The SMILES string of the molecule is COc1ccc(C=C2SC(=S)N(CCCC(=O)Nc3cccc4ccccc34)C2=O)cc1OC. The molecule has 1 aliphatic rings. The first-order chi connectivity index (χ1) is 16.5. The molecule has 8 heteroatoms. The molecule has 1 fully saturated rings. The number of amides is 2. The molecule has 0 atom stereocenters. The van der Waals surface area contributed by atoms with E-state index in [0.717, 1.165) is 22.0 Å². The van der Waals surface area contributed by atoms with E-state index < -0.39 is 0 Å². The predicted octanol–water partition coefficient (Wildman–Crippen LogP) is 5.48. The summed E-state index contributed by atoms with van der Waals surface area (Å²) in [4.78, 5) is 27.5. The Morgan fingerprint density at radius 3 is 2.62 bits per heavy atom. The molecule has 1 heterocycles. The van der Waals surface area contributed by atoms with Crippen LogP contribution in [0.2, 0.25) is 0 Å². The molecule has 0 unspecified atom stereocenters. The quantitative estimate of drug-likeness (QED) is 0.332. The van der Waals surface area contributed by atoms with Crippen molar-refractivity contribution in [1.29, 1.82) is 0 Å².